The zero-order valence-electron chi connectivity index (χ0n) is 11.0. The molecule has 4 bridgehead atoms. The van der Waals surface area contributed by atoms with Crippen molar-refractivity contribution >= 4 is 20.7 Å². The van der Waals surface area contributed by atoms with Crippen LogP contribution in [0.15, 0.2) is 4.99 Å². The zero-order valence-corrected chi connectivity index (χ0v) is 12.7. The molecule has 4 saturated carbocycles. The third kappa shape index (κ3) is 2.73. The first kappa shape index (κ1) is 15.0. The van der Waals surface area contributed by atoms with E-state index in [9.17, 15) is 29.0 Å². The maximum absolute atomic E-state index is 11.4. The normalized spacial score (nSPS) is 41.2. The molecule has 4 aliphatic carbocycles. The van der Waals surface area contributed by atoms with Gasteiger partial charge in [-0.3, -0.25) is 0 Å². The molecule has 0 radical (unpaired) electrons. The Kier molecular flexibility index (Phi) is 3.43. The molecule has 7 nitrogen and oxygen atoms in total. The monoisotopic (exact) mass is 324 g/mol. The van der Waals surface area contributed by atoms with Gasteiger partial charge in [-0.1, -0.05) is 0 Å². The van der Waals surface area contributed by atoms with Gasteiger partial charge in [0.05, 0.1) is 5.54 Å². The van der Waals surface area contributed by atoms with Crippen molar-refractivity contribution in [2.24, 2.45) is 22.7 Å². The van der Waals surface area contributed by atoms with Crippen molar-refractivity contribution in [2.75, 3.05) is 0 Å². The van der Waals surface area contributed by atoms with Crippen molar-refractivity contribution in [1.82, 2.24) is 0 Å². The van der Waals surface area contributed by atoms with Crippen molar-refractivity contribution in [2.45, 2.75) is 44.1 Å². The summed E-state index contributed by atoms with van der Waals surface area (Å²) in [5.74, 6) is 1.52. The summed E-state index contributed by atoms with van der Waals surface area (Å²) in [6.45, 7) is 0. The van der Waals surface area contributed by atoms with Crippen LogP contribution < -0.4 is 0 Å². The predicted octanol–water partition coefficient (Wildman–Crippen LogP) is 1.23. The van der Waals surface area contributed by atoms with Crippen molar-refractivity contribution in [1.29, 1.82) is 0 Å². The first-order valence-corrected chi connectivity index (χ1v) is 10.1. The summed E-state index contributed by atoms with van der Waals surface area (Å²) in [4.78, 5) is 50.5. The first-order chi connectivity index (χ1) is 9.07. The van der Waals surface area contributed by atoms with Gasteiger partial charge in [0.1, 0.15) is 0 Å². The van der Waals surface area contributed by atoms with Gasteiger partial charge in [-0.25, -0.2) is 9.56 Å². The highest BCUT2D eigenvalue weighted by Gasteiger charge is 2.57. The number of rotatable bonds is 3. The Bertz CT molecular complexity index is 458. The van der Waals surface area contributed by atoms with Gasteiger partial charge in [0.25, 0.3) is 0 Å². The van der Waals surface area contributed by atoms with E-state index < -0.39 is 26.3 Å². The van der Waals surface area contributed by atoms with E-state index in [0.29, 0.717) is 17.8 Å². The van der Waals surface area contributed by atoms with Crippen LogP contribution >= 0.6 is 15.5 Å². The van der Waals surface area contributed by atoms with Gasteiger partial charge in [-0.15, -0.1) is 0 Å². The number of hydrogen-bond acceptors (Lipinski definition) is 5. The Hall–Kier alpha value is 0.130. The molecule has 0 atom stereocenters. The van der Waals surface area contributed by atoms with Crippen LogP contribution in [0.25, 0.3) is 0 Å². The minimum Gasteiger partial charge on any atom is -0.317 e. The fraction of sp³-hybridized carbons (Fsp3) is 0.909. The molecule has 9 heteroatoms. The van der Waals surface area contributed by atoms with Crippen LogP contribution in [0.2, 0.25) is 0 Å². The molecule has 20 heavy (non-hydrogen) atoms. The molecule has 4 rings (SSSR count). The summed E-state index contributed by atoms with van der Waals surface area (Å²) in [6, 6.07) is 0. The summed E-state index contributed by atoms with van der Waals surface area (Å²) in [6.07, 6.45) is 5.58. The Morgan fingerprint density at radius 3 is 1.70 bits per heavy atom. The van der Waals surface area contributed by atoms with Crippen LogP contribution in [0.3, 0.4) is 0 Å². The molecule has 5 N–H and O–H groups in total. The molecule has 0 aromatic heterocycles. The summed E-state index contributed by atoms with van der Waals surface area (Å²) in [7, 11) is -9.75. The molecule has 0 aromatic rings. The molecule has 114 valence electrons. The fourth-order valence-electron chi connectivity index (χ4n) is 4.72. The second-order valence-corrected chi connectivity index (χ2v) is 10.1. The average molecular weight is 324 g/mol. The van der Waals surface area contributed by atoms with Crippen LogP contribution in [0.1, 0.15) is 38.5 Å². The topological polar surface area (TPSA) is 131 Å². The molecule has 0 aromatic carbocycles. The summed E-state index contributed by atoms with van der Waals surface area (Å²) in [5, 5.41) is -1.10. The Labute approximate surface area is 117 Å². The third-order valence-electron chi connectivity index (χ3n) is 4.87. The summed E-state index contributed by atoms with van der Waals surface area (Å²) < 4.78 is 11.4. The third-order valence-corrected chi connectivity index (χ3v) is 7.72. The van der Waals surface area contributed by atoms with Gasteiger partial charge in [-0.05, 0) is 56.3 Å². The number of nitrogens with zero attached hydrogens (tertiary/aromatic N) is 1. The van der Waals surface area contributed by atoms with Crippen LogP contribution in [0.5, 0.6) is 0 Å². The lowest BCUT2D eigenvalue weighted by molar-refractivity contribution is 0.00176. The van der Waals surface area contributed by atoms with E-state index in [1.807, 2.05) is 0 Å². The minimum absolute atomic E-state index is 0.506. The SMILES string of the molecule is O=P(O)(O)C(=NC12CC3CC(CC(C3)C1)C2)[P+](O)(O)O. The van der Waals surface area contributed by atoms with Gasteiger partial charge in [0.2, 0.25) is 0 Å². The lowest BCUT2D eigenvalue weighted by atomic mass is 9.53. The fourth-order valence-corrected chi connectivity index (χ4v) is 6.81. The molecular formula is C11H20NO6P2+. The second kappa shape index (κ2) is 4.56. The summed E-state index contributed by atoms with van der Waals surface area (Å²) in [5.41, 5.74) is -0.620. The molecule has 0 spiro atoms. The van der Waals surface area contributed by atoms with Crippen LogP contribution in [-0.4, -0.2) is 35.2 Å². The highest BCUT2D eigenvalue weighted by atomic mass is 31.3. The predicted molar refractivity (Wildman–Crippen MR) is 74.0 cm³/mol. The molecule has 0 amide bonds. The maximum Gasteiger partial charge on any atom is 0.469 e. The van der Waals surface area contributed by atoms with Gasteiger partial charge >= 0.3 is 20.7 Å². The Morgan fingerprint density at radius 2 is 1.40 bits per heavy atom. The van der Waals surface area contributed by atoms with Crippen molar-refractivity contribution in [3.63, 3.8) is 0 Å². The van der Waals surface area contributed by atoms with Gasteiger partial charge in [-0.2, -0.15) is 14.7 Å². The van der Waals surface area contributed by atoms with Crippen molar-refractivity contribution in [3.8, 4) is 0 Å². The molecule has 4 fully saturated rings. The van der Waals surface area contributed by atoms with Crippen LogP contribution in [0, 0.1) is 17.8 Å². The van der Waals surface area contributed by atoms with E-state index in [-0.39, 0.29) is 0 Å². The van der Waals surface area contributed by atoms with Crippen LogP contribution in [0.4, 0.5) is 0 Å². The molecule has 0 unspecified atom stereocenters. The molecule has 4 aliphatic rings. The van der Waals surface area contributed by atoms with E-state index in [0.717, 1.165) is 38.5 Å². The highest BCUT2D eigenvalue weighted by Crippen LogP contribution is 2.64. The van der Waals surface area contributed by atoms with E-state index in [4.69, 9.17) is 0 Å². The average Bonchev–Trinajstić information content (AvgIpc) is 2.21. The standard InChI is InChI=1S/C11H19NO6P2/c13-19(14,15)10(20(16,17)18)12-11-4-7-1-8(5-11)3-9(2-7)6-11/h7-9,13-15H,1-6H2,(H-,16,17,18)/p+1. The number of hydrogen-bond donors (Lipinski definition) is 5. The molecule has 0 aliphatic heterocycles. The van der Waals surface area contributed by atoms with E-state index >= 15 is 0 Å². The second-order valence-electron chi connectivity index (χ2n) is 6.67. The molecule has 0 heterocycles. The smallest absolute Gasteiger partial charge is 0.317 e. The molecule has 0 saturated heterocycles. The van der Waals surface area contributed by atoms with E-state index in [1.54, 1.807) is 0 Å². The Morgan fingerprint density at radius 1 is 1.00 bits per heavy atom. The lowest BCUT2D eigenvalue weighted by Gasteiger charge is -2.54. The highest BCUT2D eigenvalue weighted by molar-refractivity contribution is 8.00. The van der Waals surface area contributed by atoms with Gasteiger partial charge in [0, 0.05) is 0 Å². The minimum atomic E-state index is -4.97. The Balaban J connectivity index is 1.99. The van der Waals surface area contributed by atoms with Crippen molar-refractivity contribution in [3.05, 3.63) is 0 Å². The first-order valence-electron chi connectivity index (χ1n) is 6.81. The largest absolute Gasteiger partial charge is 0.469 e. The van der Waals surface area contributed by atoms with E-state index in [2.05, 4.69) is 4.99 Å². The van der Waals surface area contributed by atoms with Gasteiger partial charge < -0.3 is 9.79 Å². The summed E-state index contributed by atoms with van der Waals surface area (Å²) >= 11 is 0. The van der Waals surface area contributed by atoms with Gasteiger partial charge in [0.15, 0.2) is 0 Å². The quantitative estimate of drug-likeness (QED) is 0.392. The molecular weight excluding hydrogens is 304 g/mol. The zero-order chi connectivity index (χ0) is 14.8. The number of aliphatic imine (C=N–C) groups is 1. The van der Waals surface area contributed by atoms with Crippen LogP contribution in [-0.2, 0) is 4.57 Å². The van der Waals surface area contributed by atoms with Crippen molar-refractivity contribution < 1.29 is 29.0 Å². The van der Waals surface area contributed by atoms with E-state index in [1.165, 1.54) is 0 Å². The lowest BCUT2D eigenvalue weighted by Crippen LogP contribution is -2.49. The maximum atomic E-state index is 11.4.